The minimum Gasteiger partial charge on any atom is -0.453 e. The highest BCUT2D eigenvalue weighted by molar-refractivity contribution is 7.90. The molecule has 9 rings (SSSR count). The molecule has 2 atom stereocenters. The zero-order valence-corrected chi connectivity index (χ0v) is 38.8. The van der Waals surface area contributed by atoms with Crippen LogP contribution in [-0.2, 0) is 10.0 Å². The van der Waals surface area contributed by atoms with Gasteiger partial charge >= 0.3 is 0 Å². The highest BCUT2D eigenvalue weighted by atomic mass is 35.5. The first-order valence-electron chi connectivity index (χ1n) is 22.9. The van der Waals surface area contributed by atoms with Gasteiger partial charge in [-0.15, -0.1) is 0 Å². The zero-order valence-electron chi connectivity index (χ0n) is 37.2. The Kier molecular flexibility index (Phi) is 12.4. The van der Waals surface area contributed by atoms with Crippen LogP contribution >= 0.6 is 11.6 Å². The van der Waals surface area contributed by atoms with Crippen molar-refractivity contribution in [1.82, 2.24) is 19.6 Å². The quantitative estimate of drug-likeness (QED) is 0.0501. The van der Waals surface area contributed by atoms with Crippen LogP contribution in [0.3, 0.4) is 0 Å². The number of anilines is 2. The van der Waals surface area contributed by atoms with Gasteiger partial charge in [0.25, 0.3) is 21.6 Å². The third-order valence-corrected chi connectivity index (χ3v) is 16.2. The molecule has 4 heterocycles. The number of aromatic amines is 1. The van der Waals surface area contributed by atoms with Crippen molar-refractivity contribution < 1.29 is 28.0 Å². The number of nitrogens with zero attached hydrogens (tertiary/aromatic N) is 4. The third kappa shape index (κ3) is 9.43. The second kappa shape index (κ2) is 17.9. The fourth-order valence-corrected chi connectivity index (χ4v) is 12.0. The molecule has 1 amide bonds. The molecule has 65 heavy (non-hydrogen) atoms. The van der Waals surface area contributed by atoms with Gasteiger partial charge in [-0.3, -0.25) is 19.8 Å². The summed E-state index contributed by atoms with van der Waals surface area (Å²) in [5.41, 5.74) is 3.55. The van der Waals surface area contributed by atoms with Gasteiger partial charge in [0.2, 0.25) is 0 Å². The first kappa shape index (κ1) is 45.0. The van der Waals surface area contributed by atoms with Crippen LogP contribution in [0, 0.1) is 21.4 Å². The summed E-state index contributed by atoms with van der Waals surface area (Å²) >= 11 is 6.59. The fraction of sp³-hybridized carbons (Fsp3) is 0.469. The highest BCUT2D eigenvalue weighted by Gasteiger charge is 2.49. The Hall–Kier alpha value is -5.22. The van der Waals surface area contributed by atoms with E-state index in [9.17, 15) is 28.4 Å². The molecule has 5 aromatic rings. The molecule has 344 valence electrons. The standard InChI is InChI=1S/C49H58ClN7O7S/c1-31(2)36-7-4-5-8-37(36)38-9-6-10-41(38)56-29-49(30-56)20-23-55(24-21-49)34-11-13-39(43(26-34)64-44-25-33-17-22-51-46(33)53-45(44)50)47(58)54-65(62,63)35-12-14-40(42(27-35)57(60)61)52-28-32-15-18-48(3,59)19-16-32/h4-5,7-8,11-14,17,22,25-27,31-32,38,41,52,59H,6,9-10,15-16,18-21,23-24,28-30H2,1-3H3,(H,51,53)(H,54,58)/t32-,38-,41-,48-/m1/s1. The number of aromatic nitrogens is 2. The van der Waals surface area contributed by atoms with Gasteiger partial charge in [-0.25, -0.2) is 18.1 Å². The number of fused-ring (bicyclic) bond motifs is 1. The molecule has 4 fully saturated rings. The summed E-state index contributed by atoms with van der Waals surface area (Å²) in [5, 5.41) is 26.4. The number of amides is 1. The van der Waals surface area contributed by atoms with E-state index in [0.29, 0.717) is 42.9 Å². The molecular formula is C49H58ClN7O7S. The Bertz CT molecular complexity index is 2700. The lowest BCUT2D eigenvalue weighted by Crippen LogP contribution is -2.63. The number of hydrogen-bond acceptors (Lipinski definition) is 11. The van der Waals surface area contributed by atoms with Crippen LogP contribution in [0.4, 0.5) is 17.1 Å². The van der Waals surface area contributed by atoms with Crippen molar-refractivity contribution >= 4 is 55.6 Å². The SMILES string of the molecule is CC(C)c1ccccc1[C@H]1CCC[C@H]1N1CC2(CCN(c3ccc(C(=O)NS(=O)(=O)c4ccc(NC[C@H]5CC[C@](C)(O)CC5)c([N+](=O)[O-])c4)c(Oc4cc5cc[nH]c5nc4Cl)c3)CC2)C1. The summed E-state index contributed by atoms with van der Waals surface area (Å²) < 4.78 is 36.0. The molecule has 2 aromatic heterocycles. The minimum atomic E-state index is -4.60. The van der Waals surface area contributed by atoms with Crippen LogP contribution in [0.25, 0.3) is 11.0 Å². The number of hydrogen-bond donors (Lipinski definition) is 4. The molecule has 2 aliphatic carbocycles. The molecule has 2 saturated carbocycles. The van der Waals surface area contributed by atoms with E-state index in [1.807, 2.05) is 13.0 Å². The average molecular weight is 925 g/mol. The van der Waals surface area contributed by atoms with E-state index in [1.54, 1.807) is 24.4 Å². The number of carbonyl (C=O) groups is 1. The topological polar surface area (TPSA) is 183 Å². The number of carbonyl (C=O) groups excluding carboxylic acids is 1. The predicted octanol–water partition coefficient (Wildman–Crippen LogP) is 9.75. The molecule has 1 spiro atoms. The maximum absolute atomic E-state index is 14.0. The Labute approximate surface area is 385 Å². The summed E-state index contributed by atoms with van der Waals surface area (Å²) in [4.78, 5) is 37.5. The average Bonchev–Trinajstić information content (AvgIpc) is 3.95. The van der Waals surface area contributed by atoms with Crippen LogP contribution in [0.5, 0.6) is 11.5 Å². The molecular weight excluding hydrogens is 866 g/mol. The van der Waals surface area contributed by atoms with E-state index in [4.69, 9.17) is 16.3 Å². The number of sulfonamides is 1. The van der Waals surface area contributed by atoms with Gasteiger partial charge in [-0.2, -0.15) is 0 Å². The monoisotopic (exact) mass is 923 g/mol. The Balaban J connectivity index is 0.908. The van der Waals surface area contributed by atoms with Crippen molar-refractivity contribution in [2.24, 2.45) is 11.3 Å². The van der Waals surface area contributed by atoms with Gasteiger partial charge in [0.15, 0.2) is 10.9 Å². The Morgan fingerprint density at radius 3 is 2.49 bits per heavy atom. The second-order valence-corrected chi connectivity index (χ2v) is 21.5. The maximum atomic E-state index is 14.0. The van der Waals surface area contributed by atoms with E-state index in [2.05, 4.69) is 67.9 Å². The van der Waals surface area contributed by atoms with E-state index in [-0.39, 0.29) is 39.2 Å². The van der Waals surface area contributed by atoms with Crippen molar-refractivity contribution in [3.63, 3.8) is 0 Å². The number of nitrogens with one attached hydrogen (secondary N) is 3. The fourth-order valence-electron chi connectivity index (χ4n) is 10.8. The minimum absolute atomic E-state index is 0.0485. The lowest BCUT2D eigenvalue weighted by Gasteiger charge is -2.57. The maximum Gasteiger partial charge on any atom is 0.293 e. The third-order valence-electron chi connectivity index (χ3n) is 14.6. The van der Waals surface area contributed by atoms with E-state index in [0.717, 1.165) is 69.0 Å². The van der Waals surface area contributed by atoms with Crippen molar-refractivity contribution in [2.75, 3.05) is 42.9 Å². The summed E-state index contributed by atoms with van der Waals surface area (Å²) in [6, 6.07) is 21.7. The first-order chi connectivity index (χ1) is 31.1. The van der Waals surface area contributed by atoms with Crippen LogP contribution in [0.15, 0.2) is 83.9 Å². The van der Waals surface area contributed by atoms with E-state index in [1.165, 1.54) is 48.6 Å². The number of ether oxygens (including phenoxy) is 1. The molecule has 2 aliphatic heterocycles. The summed E-state index contributed by atoms with van der Waals surface area (Å²) in [6.45, 7) is 10.6. The largest absolute Gasteiger partial charge is 0.453 e. The molecule has 4 aliphatic rings. The Morgan fingerprint density at radius 2 is 1.75 bits per heavy atom. The first-order valence-corrected chi connectivity index (χ1v) is 24.8. The number of halogens is 1. The number of likely N-dealkylation sites (tertiary alicyclic amines) is 1. The number of piperidine rings is 1. The zero-order chi connectivity index (χ0) is 45.7. The molecule has 14 nitrogen and oxygen atoms in total. The predicted molar refractivity (Wildman–Crippen MR) is 253 cm³/mol. The summed E-state index contributed by atoms with van der Waals surface area (Å²) in [6.07, 6.45) is 10.3. The van der Waals surface area contributed by atoms with Crippen LogP contribution in [0.1, 0.15) is 112 Å². The van der Waals surface area contributed by atoms with Crippen molar-refractivity contribution in [2.45, 2.75) is 107 Å². The van der Waals surface area contributed by atoms with Crippen LogP contribution in [-0.4, -0.2) is 83.6 Å². The summed E-state index contributed by atoms with van der Waals surface area (Å²) in [7, 11) is -4.60. The van der Waals surface area contributed by atoms with Gasteiger partial charge in [-0.1, -0.05) is 56.1 Å². The smallest absolute Gasteiger partial charge is 0.293 e. The van der Waals surface area contributed by atoms with Crippen LogP contribution < -0.4 is 19.7 Å². The van der Waals surface area contributed by atoms with Gasteiger partial charge in [0.1, 0.15) is 17.1 Å². The lowest BCUT2D eigenvalue weighted by molar-refractivity contribution is -0.384. The lowest BCUT2D eigenvalue weighted by atomic mass is 9.70. The molecule has 3 aromatic carbocycles. The molecule has 0 bridgehead atoms. The van der Waals surface area contributed by atoms with Gasteiger partial charge in [-0.05, 0) is 129 Å². The number of nitro groups is 1. The summed E-state index contributed by atoms with van der Waals surface area (Å²) in [5.74, 6) is 0.533. The van der Waals surface area contributed by atoms with Gasteiger partial charge < -0.3 is 25.0 Å². The second-order valence-electron chi connectivity index (χ2n) is 19.4. The number of nitro benzene ring substituents is 1. The highest BCUT2D eigenvalue weighted by Crippen LogP contribution is 2.49. The number of benzene rings is 3. The van der Waals surface area contributed by atoms with E-state index >= 15 is 0 Å². The van der Waals surface area contributed by atoms with Crippen molar-refractivity contribution in [3.8, 4) is 11.5 Å². The normalized spacial score (nSPS) is 23.4. The number of rotatable bonds is 13. The molecule has 2 saturated heterocycles. The van der Waals surface area contributed by atoms with Crippen molar-refractivity contribution in [1.29, 1.82) is 0 Å². The number of pyridine rings is 1. The molecule has 0 radical (unpaired) electrons. The molecule has 16 heteroatoms. The van der Waals surface area contributed by atoms with Crippen molar-refractivity contribution in [3.05, 3.63) is 111 Å². The number of aliphatic hydroxyl groups is 1. The van der Waals surface area contributed by atoms with Gasteiger partial charge in [0.05, 0.1) is 21.0 Å². The Morgan fingerprint density at radius 1 is 1.00 bits per heavy atom. The van der Waals surface area contributed by atoms with Crippen LogP contribution in [0.2, 0.25) is 5.15 Å². The van der Waals surface area contributed by atoms with Gasteiger partial charge in [0, 0.05) is 68.2 Å². The number of H-pyrrole nitrogens is 1. The molecule has 0 unspecified atom stereocenters. The molecule has 4 N–H and O–H groups in total. The van der Waals surface area contributed by atoms with E-state index < -0.39 is 37.0 Å².